The number of carbonyl (C=O) groups excluding carboxylic acids is 1. The van der Waals surface area contributed by atoms with Gasteiger partial charge in [-0.1, -0.05) is 30.3 Å². The highest BCUT2D eigenvalue weighted by Crippen LogP contribution is 2.31. The minimum atomic E-state index is -3.40. The molecule has 0 unspecified atom stereocenters. The summed E-state index contributed by atoms with van der Waals surface area (Å²) in [5.74, 6) is -1.23. The van der Waals surface area contributed by atoms with E-state index in [9.17, 15) is 26.4 Å². The number of ether oxygens (including phenoxy) is 2. The van der Waals surface area contributed by atoms with Crippen LogP contribution in [0.2, 0.25) is 0 Å². The molecule has 4 rings (SSSR count). The maximum absolute atomic E-state index is 14.1. The molecule has 0 saturated carbocycles. The molecule has 7 nitrogen and oxygen atoms in total. The first kappa shape index (κ1) is 29.9. The molecule has 0 aliphatic heterocycles. The van der Waals surface area contributed by atoms with Crippen LogP contribution in [0.15, 0.2) is 83.8 Å². The molecule has 0 spiro atoms. The van der Waals surface area contributed by atoms with Crippen LogP contribution in [0.4, 0.5) is 18.9 Å². The van der Waals surface area contributed by atoms with Crippen molar-refractivity contribution in [1.82, 2.24) is 4.57 Å². The zero-order chi connectivity index (χ0) is 29.6. The van der Waals surface area contributed by atoms with E-state index in [4.69, 9.17) is 9.47 Å². The van der Waals surface area contributed by atoms with E-state index in [2.05, 4.69) is 5.32 Å². The SMILES string of the molecule is Cc1c(C(=O)Nc2ccc(S(C)(=O)=O)cc2)cc(CCOCc2ccccc2)n1-c1ccc(F)cc1OCC(F)F. The van der Waals surface area contributed by atoms with Gasteiger partial charge in [0.2, 0.25) is 0 Å². The van der Waals surface area contributed by atoms with E-state index in [1.165, 1.54) is 36.4 Å². The van der Waals surface area contributed by atoms with Gasteiger partial charge in [0.25, 0.3) is 12.3 Å². The number of hydrogen-bond donors (Lipinski definition) is 1. The molecule has 0 atom stereocenters. The van der Waals surface area contributed by atoms with Crippen molar-refractivity contribution in [2.75, 3.05) is 24.8 Å². The molecule has 0 bridgehead atoms. The number of nitrogens with zero attached hydrogens (tertiary/aromatic N) is 1. The van der Waals surface area contributed by atoms with Gasteiger partial charge in [-0.05, 0) is 55.0 Å². The van der Waals surface area contributed by atoms with Crippen LogP contribution < -0.4 is 10.1 Å². The topological polar surface area (TPSA) is 86.6 Å². The summed E-state index contributed by atoms with van der Waals surface area (Å²) in [6.45, 7) is 1.40. The van der Waals surface area contributed by atoms with E-state index in [1.54, 1.807) is 17.6 Å². The van der Waals surface area contributed by atoms with Crippen molar-refractivity contribution in [3.05, 3.63) is 107 Å². The van der Waals surface area contributed by atoms with Crippen LogP contribution in [0.25, 0.3) is 5.69 Å². The highest BCUT2D eigenvalue weighted by atomic mass is 32.2. The Morgan fingerprint density at radius 2 is 1.71 bits per heavy atom. The maximum atomic E-state index is 14.1. The lowest BCUT2D eigenvalue weighted by molar-refractivity contribution is 0.0816. The fourth-order valence-corrected chi connectivity index (χ4v) is 4.92. The standard InChI is InChI=1S/C30H29F3N2O5S/c1-20-26(30(36)34-23-9-11-25(12-10-23)41(2,37)38)17-24(14-15-39-18-21-6-4-3-5-7-21)35(20)27-13-8-22(31)16-28(27)40-19-29(32)33/h3-13,16-17,29H,14-15,18-19H2,1-2H3,(H,34,36). The Bertz CT molecular complexity index is 1610. The summed E-state index contributed by atoms with van der Waals surface area (Å²) in [7, 11) is -3.40. The third-order valence-corrected chi connectivity index (χ3v) is 7.38. The number of alkyl halides is 2. The quantitative estimate of drug-likeness (QED) is 0.206. The van der Waals surface area contributed by atoms with Gasteiger partial charge in [-0.2, -0.15) is 0 Å². The van der Waals surface area contributed by atoms with E-state index in [1.807, 2.05) is 30.3 Å². The maximum Gasteiger partial charge on any atom is 0.272 e. The van der Waals surface area contributed by atoms with Gasteiger partial charge in [0.1, 0.15) is 18.2 Å². The van der Waals surface area contributed by atoms with Gasteiger partial charge < -0.3 is 19.4 Å². The molecule has 3 aromatic carbocycles. The fourth-order valence-electron chi connectivity index (χ4n) is 4.29. The third-order valence-electron chi connectivity index (χ3n) is 6.25. The third kappa shape index (κ3) is 7.77. The highest BCUT2D eigenvalue weighted by molar-refractivity contribution is 7.90. The van der Waals surface area contributed by atoms with Crippen LogP contribution >= 0.6 is 0 Å². The normalized spacial score (nSPS) is 11.6. The highest BCUT2D eigenvalue weighted by Gasteiger charge is 2.22. The predicted octanol–water partition coefficient (Wildman–Crippen LogP) is 5.98. The summed E-state index contributed by atoms with van der Waals surface area (Å²) in [5.41, 5.74) is 3.01. The van der Waals surface area contributed by atoms with Crippen LogP contribution in [-0.4, -0.2) is 44.8 Å². The molecule has 1 amide bonds. The average molecular weight is 587 g/mol. The summed E-state index contributed by atoms with van der Waals surface area (Å²) < 4.78 is 76.2. The van der Waals surface area contributed by atoms with Gasteiger partial charge in [-0.25, -0.2) is 21.6 Å². The lowest BCUT2D eigenvalue weighted by atomic mass is 10.2. The van der Waals surface area contributed by atoms with Gasteiger partial charge in [-0.15, -0.1) is 0 Å². The summed E-state index contributed by atoms with van der Waals surface area (Å²) in [6.07, 6.45) is -1.33. The number of anilines is 1. The molecule has 1 N–H and O–H groups in total. The molecule has 0 aliphatic rings. The van der Waals surface area contributed by atoms with Crippen molar-refractivity contribution in [2.45, 2.75) is 31.3 Å². The Morgan fingerprint density at radius 1 is 1.00 bits per heavy atom. The summed E-state index contributed by atoms with van der Waals surface area (Å²) in [5, 5.41) is 2.75. The monoisotopic (exact) mass is 586 g/mol. The van der Waals surface area contributed by atoms with Crippen LogP contribution in [0.5, 0.6) is 5.75 Å². The number of sulfone groups is 1. The molecular formula is C30H29F3N2O5S. The number of benzene rings is 3. The lowest BCUT2D eigenvalue weighted by Gasteiger charge is -2.17. The molecule has 0 aliphatic carbocycles. The second-order valence-corrected chi connectivity index (χ2v) is 11.3. The first-order valence-corrected chi connectivity index (χ1v) is 14.6. The van der Waals surface area contributed by atoms with Crippen LogP contribution in [0.3, 0.4) is 0 Å². The molecule has 11 heteroatoms. The zero-order valence-electron chi connectivity index (χ0n) is 22.4. The lowest BCUT2D eigenvalue weighted by Crippen LogP contribution is -2.14. The molecule has 0 saturated heterocycles. The Labute approximate surface area is 236 Å². The van der Waals surface area contributed by atoms with Crippen molar-refractivity contribution < 1.29 is 35.9 Å². The second-order valence-electron chi connectivity index (χ2n) is 9.32. The summed E-state index contributed by atoms with van der Waals surface area (Å²) in [6, 6.07) is 20.6. The molecule has 1 aromatic heterocycles. The van der Waals surface area contributed by atoms with Crippen molar-refractivity contribution in [3.63, 3.8) is 0 Å². The molecule has 1 heterocycles. The van der Waals surface area contributed by atoms with Gasteiger partial charge >= 0.3 is 0 Å². The molecule has 4 aromatic rings. The van der Waals surface area contributed by atoms with Crippen molar-refractivity contribution >= 4 is 21.4 Å². The first-order valence-electron chi connectivity index (χ1n) is 12.7. The van der Waals surface area contributed by atoms with E-state index >= 15 is 0 Å². The molecule has 0 radical (unpaired) electrons. The Balaban J connectivity index is 1.65. The number of amides is 1. The van der Waals surface area contributed by atoms with Crippen LogP contribution in [0.1, 0.15) is 27.3 Å². The number of halogens is 3. The van der Waals surface area contributed by atoms with E-state index in [0.717, 1.165) is 17.9 Å². The number of carbonyl (C=O) groups is 1. The molecule has 41 heavy (non-hydrogen) atoms. The Kier molecular flexibility index (Phi) is 9.51. The summed E-state index contributed by atoms with van der Waals surface area (Å²) in [4.78, 5) is 13.4. The predicted molar refractivity (Wildman–Crippen MR) is 149 cm³/mol. The van der Waals surface area contributed by atoms with Crippen molar-refractivity contribution in [1.29, 1.82) is 0 Å². The molecular weight excluding hydrogens is 557 g/mol. The number of nitrogens with one attached hydrogen (secondary N) is 1. The number of aromatic nitrogens is 1. The van der Waals surface area contributed by atoms with Crippen LogP contribution in [0, 0.1) is 12.7 Å². The molecule has 0 fully saturated rings. The smallest absolute Gasteiger partial charge is 0.272 e. The van der Waals surface area contributed by atoms with Crippen molar-refractivity contribution in [3.8, 4) is 11.4 Å². The van der Waals surface area contributed by atoms with E-state index in [-0.39, 0.29) is 22.8 Å². The largest absolute Gasteiger partial charge is 0.485 e. The fraction of sp³-hybridized carbons (Fsp3) is 0.233. The van der Waals surface area contributed by atoms with Gasteiger partial charge in [0.05, 0.1) is 29.4 Å². The van der Waals surface area contributed by atoms with E-state index in [0.29, 0.717) is 35.8 Å². The number of hydrogen-bond acceptors (Lipinski definition) is 5. The zero-order valence-corrected chi connectivity index (χ0v) is 23.3. The second kappa shape index (κ2) is 13.0. The van der Waals surface area contributed by atoms with E-state index < -0.39 is 34.6 Å². The Morgan fingerprint density at radius 3 is 2.37 bits per heavy atom. The van der Waals surface area contributed by atoms with Gasteiger partial charge in [0.15, 0.2) is 9.84 Å². The molecule has 216 valence electrons. The number of rotatable bonds is 12. The minimum absolute atomic E-state index is 0.0984. The van der Waals surface area contributed by atoms with Crippen LogP contribution in [-0.2, 0) is 27.6 Å². The van der Waals surface area contributed by atoms with Crippen molar-refractivity contribution in [2.24, 2.45) is 0 Å². The van der Waals surface area contributed by atoms with Gasteiger partial charge in [0, 0.05) is 35.8 Å². The van der Waals surface area contributed by atoms with Gasteiger partial charge in [-0.3, -0.25) is 4.79 Å². The average Bonchev–Trinajstić information content (AvgIpc) is 3.26. The Hall–Kier alpha value is -4.09. The minimum Gasteiger partial charge on any atom is -0.485 e. The summed E-state index contributed by atoms with van der Waals surface area (Å²) >= 11 is 0. The first-order chi connectivity index (χ1) is 19.5.